The van der Waals surface area contributed by atoms with Crippen molar-refractivity contribution in [1.29, 1.82) is 0 Å². The maximum Gasteiger partial charge on any atom is 0.182 e. The Balaban J connectivity index is 1.59. The van der Waals surface area contributed by atoms with E-state index in [0.717, 1.165) is 67.9 Å². The fourth-order valence-corrected chi connectivity index (χ4v) is 3.30. The first-order chi connectivity index (χ1) is 13.2. The number of rotatable bonds is 5. The van der Waals surface area contributed by atoms with Crippen LogP contribution >= 0.6 is 0 Å². The van der Waals surface area contributed by atoms with E-state index in [0.29, 0.717) is 0 Å². The first-order valence-electron chi connectivity index (χ1n) is 9.13. The smallest absolute Gasteiger partial charge is 0.182 e. The van der Waals surface area contributed by atoms with E-state index in [1.807, 2.05) is 25.1 Å². The van der Waals surface area contributed by atoms with Crippen LogP contribution in [0.1, 0.15) is 5.82 Å². The van der Waals surface area contributed by atoms with Gasteiger partial charge >= 0.3 is 0 Å². The second kappa shape index (κ2) is 7.94. The summed E-state index contributed by atoms with van der Waals surface area (Å²) >= 11 is 0. The molecule has 2 aromatic heterocycles. The van der Waals surface area contributed by atoms with Gasteiger partial charge in [-0.15, -0.1) is 10.2 Å². The molecular weight excluding hydrogens is 345 g/mol. The van der Waals surface area contributed by atoms with Crippen LogP contribution in [-0.2, 0) is 11.3 Å². The lowest BCUT2D eigenvalue weighted by atomic mass is 10.1. The monoisotopic (exact) mass is 367 g/mol. The minimum absolute atomic E-state index is 0.254. The molecule has 1 aromatic carbocycles. The lowest BCUT2D eigenvalue weighted by Gasteiger charge is -2.26. The number of nitrogens with zero attached hydrogens (tertiary/aromatic N) is 5. The van der Waals surface area contributed by atoms with Crippen molar-refractivity contribution in [3.8, 4) is 22.6 Å². The highest BCUT2D eigenvalue weighted by atomic mass is 19.1. The Morgan fingerprint density at radius 1 is 1.04 bits per heavy atom. The van der Waals surface area contributed by atoms with Crippen LogP contribution in [-0.4, -0.2) is 57.5 Å². The molecule has 3 heterocycles. The summed E-state index contributed by atoms with van der Waals surface area (Å²) in [5.41, 5.74) is 2.45. The van der Waals surface area contributed by atoms with Gasteiger partial charge in [0.05, 0.1) is 13.2 Å². The second-order valence-corrected chi connectivity index (χ2v) is 6.62. The van der Waals surface area contributed by atoms with Crippen LogP contribution < -0.4 is 0 Å². The zero-order chi connectivity index (χ0) is 18.6. The fraction of sp³-hybridized carbons (Fsp3) is 0.350. The molecule has 1 fully saturated rings. The largest absolute Gasteiger partial charge is 0.379 e. The summed E-state index contributed by atoms with van der Waals surface area (Å²) in [6, 6.07) is 10.4. The third-order valence-corrected chi connectivity index (χ3v) is 4.83. The summed E-state index contributed by atoms with van der Waals surface area (Å²) in [6.45, 7) is 7.12. The molecule has 1 aliphatic heterocycles. The van der Waals surface area contributed by atoms with Gasteiger partial charge in [-0.25, -0.2) is 4.39 Å². The van der Waals surface area contributed by atoms with E-state index in [9.17, 15) is 4.39 Å². The van der Waals surface area contributed by atoms with Crippen molar-refractivity contribution in [1.82, 2.24) is 24.6 Å². The van der Waals surface area contributed by atoms with Crippen molar-refractivity contribution in [3.63, 3.8) is 0 Å². The zero-order valence-corrected chi connectivity index (χ0v) is 15.3. The van der Waals surface area contributed by atoms with Crippen molar-refractivity contribution >= 4 is 0 Å². The zero-order valence-electron chi connectivity index (χ0n) is 15.3. The van der Waals surface area contributed by atoms with Gasteiger partial charge in [0.1, 0.15) is 17.3 Å². The lowest BCUT2D eigenvalue weighted by molar-refractivity contribution is 0.0364. The Hall–Kier alpha value is -2.64. The SMILES string of the molecule is Cc1nnc(-c2cc(-c3cccc(F)c3)ccn2)n1CCN1CCOCC1. The molecule has 1 aliphatic rings. The highest BCUT2D eigenvalue weighted by molar-refractivity contribution is 5.68. The quantitative estimate of drug-likeness (QED) is 0.694. The maximum absolute atomic E-state index is 13.6. The number of hydrogen-bond acceptors (Lipinski definition) is 5. The number of morpholine rings is 1. The Labute approximate surface area is 157 Å². The molecule has 0 spiro atoms. The van der Waals surface area contributed by atoms with Gasteiger partial charge in [0.2, 0.25) is 0 Å². The number of aromatic nitrogens is 4. The molecule has 1 saturated heterocycles. The van der Waals surface area contributed by atoms with Gasteiger partial charge in [0.25, 0.3) is 0 Å². The molecule has 0 aliphatic carbocycles. The first-order valence-corrected chi connectivity index (χ1v) is 9.13. The highest BCUT2D eigenvalue weighted by Crippen LogP contribution is 2.24. The van der Waals surface area contributed by atoms with Crippen LogP contribution in [0.5, 0.6) is 0 Å². The summed E-state index contributed by atoms with van der Waals surface area (Å²) in [6.07, 6.45) is 1.73. The van der Waals surface area contributed by atoms with Crippen LogP contribution in [0.4, 0.5) is 4.39 Å². The summed E-state index contributed by atoms with van der Waals surface area (Å²) in [7, 11) is 0. The van der Waals surface area contributed by atoms with Gasteiger partial charge < -0.3 is 9.30 Å². The molecule has 0 amide bonds. The normalized spacial score (nSPS) is 15.2. The van der Waals surface area contributed by atoms with Crippen LogP contribution in [0.15, 0.2) is 42.6 Å². The summed E-state index contributed by atoms with van der Waals surface area (Å²) in [4.78, 5) is 6.85. The molecule has 4 rings (SSSR count). The number of pyridine rings is 1. The average molecular weight is 367 g/mol. The molecule has 6 nitrogen and oxygen atoms in total. The molecule has 3 aromatic rings. The molecule has 27 heavy (non-hydrogen) atoms. The van der Waals surface area contributed by atoms with E-state index in [4.69, 9.17) is 4.74 Å². The van der Waals surface area contributed by atoms with Crippen LogP contribution in [0, 0.1) is 12.7 Å². The lowest BCUT2D eigenvalue weighted by Crippen LogP contribution is -2.38. The van der Waals surface area contributed by atoms with Gasteiger partial charge in [-0.05, 0) is 42.3 Å². The number of benzene rings is 1. The summed E-state index contributed by atoms with van der Waals surface area (Å²) < 4.78 is 21.1. The molecular formula is C20H22FN5O. The van der Waals surface area contributed by atoms with Crippen LogP contribution in [0.25, 0.3) is 22.6 Å². The maximum atomic E-state index is 13.6. The van der Waals surface area contributed by atoms with Gasteiger partial charge in [0, 0.05) is 32.4 Å². The summed E-state index contributed by atoms with van der Waals surface area (Å²) in [5.74, 6) is 1.34. The van der Waals surface area contributed by atoms with Crippen LogP contribution in [0.3, 0.4) is 0 Å². The van der Waals surface area contributed by atoms with Crippen molar-refractivity contribution in [2.24, 2.45) is 0 Å². The minimum Gasteiger partial charge on any atom is -0.379 e. The van der Waals surface area contributed by atoms with Gasteiger partial charge in [0.15, 0.2) is 5.82 Å². The number of aryl methyl sites for hydroxylation is 1. The van der Waals surface area contributed by atoms with Gasteiger partial charge in [-0.2, -0.15) is 0 Å². The van der Waals surface area contributed by atoms with E-state index in [2.05, 4.69) is 24.6 Å². The first kappa shape index (κ1) is 17.8. The number of hydrogen-bond donors (Lipinski definition) is 0. The summed E-state index contributed by atoms with van der Waals surface area (Å²) in [5, 5.41) is 8.58. The Bertz CT molecular complexity index is 920. The molecule has 0 N–H and O–H groups in total. The van der Waals surface area contributed by atoms with E-state index < -0.39 is 0 Å². The predicted molar refractivity (Wildman–Crippen MR) is 101 cm³/mol. The highest BCUT2D eigenvalue weighted by Gasteiger charge is 2.16. The average Bonchev–Trinajstić information content (AvgIpc) is 3.08. The van der Waals surface area contributed by atoms with E-state index in [-0.39, 0.29) is 5.82 Å². The molecule has 0 bridgehead atoms. The van der Waals surface area contributed by atoms with Gasteiger partial charge in [-0.1, -0.05) is 12.1 Å². The third-order valence-electron chi connectivity index (χ3n) is 4.83. The minimum atomic E-state index is -0.254. The van der Waals surface area contributed by atoms with E-state index >= 15 is 0 Å². The molecule has 0 atom stereocenters. The molecule has 0 saturated carbocycles. The Kier molecular flexibility index (Phi) is 5.22. The Morgan fingerprint density at radius 2 is 1.85 bits per heavy atom. The van der Waals surface area contributed by atoms with Crippen molar-refractivity contribution in [2.45, 2.75) is 13.5 Å². The van der Waals surface area contributed by atoms with Crippen molar-refractivity contribution < 1.29 is 9.13 Å². The predicted octanol–water partition coefficient (Wildman–Crippen LogP) is 2.79. The molecule has 0 radical (unpaired) electrons. The molecule has 0 unspecified atom stereocenters. The standard InChI is InChI=1S/C20H22FN5O/c1-15-23-24-20(26(15)8-7-25-9-11-27-12-10-25)19-14-17(5-6-22-19)16-3-2-4-18(21)13-16/h2-6,13-14H,7-12H2,1H3. The van der Waals surface area contributed by atoms with E-state index in [1.54, 1.807) is 12.3 Å². The number of ether oxygens (including phenoxy) is 1. The second-order valence-electron chi connectivity index (χ2n) is 6.62. The molecule has 140 valence electrons. The van der Waals surface area contributed by atoms with Gasteiger partial charge in [-0.3, -0.25) is 9.88 Å². The van der Waals surface area contributed by atoms with Crippen molar-refractivity contribution in [3.05, 3.63) is 54.2 Å². The van der Waals surface area contributed by atoms with E-state index in [1.165, 1.54) is 12.1 Å². The van der Waals surface area contributed by atoms with Crippen molar-refractivity contribution in [2.75, 3.05) is 32.8 Å². The topological polar surface area (TPSA) is 56.1 Å². The molecule has 7 heteroatoms. The third kappa shape index (κ3) is 4.04. The fourth-order valence-electron chi connectivity index (χ4n) is 3.30. The van der Waals surface area contributed by atoms with Crippen LogP contribution in [0.2, 0.25) is 0 Å². The Morgan fingerprint density at radius 3 is 2.67 bits per heavy atom. The number of halogens is 1.